The first kappa shape index (κ1) is 9.42. The Labute approximate surface area is 75.6 Å². The number of halogens is 2. The molecule has 0 spiro atoms. The molecule has 1 heterocycles. The summed E-state index contributed by atoms with van der Waals surface area (Å²) in [4.78, 5) is 3.47. The minimum absolute atomic E-state index is 0.0244. The number of nitrogens with zero attached hydrogens (tertiary/aromatic N) is 1. The summed E-state index contributed by atoms with van der Waals surface area (Å²) in [6.45, 7) is 1.95. The molecule has 0 saturated heterocycles. The van der Waals surface area contributed by atoms with E-state index in [0.29, 0.717) is 0 Å². The molecule has 1 aromatic rings. The van der Waals surface area contributed by atoms with Gasteiger partial charge in [0, 0.05) is 12.2 Å². The maximum absolute atomic E-state index is 12.6. The molecular weight excluding hydrogens is 179 g/mol. The third-order valence-electron chi connectivity index (χ3n) is 1.69. The standard InChI is InChI=1S/C8H10ClFN2/c1-2-7(11)5-3-6(9)8(10)12-4-5/h3-4,7H,2,11H2,1H3. The van der Waals surface area contributed by atoms with Crippen LogP contribution in [0, 0.1) is 5.95 Å². The van der Waals surface area contributed by atoms with Crippen LogP contribution in [0.5, 0.6) is 0 Å². The van der Waals surface area contributed by atoms with E-state index in [4.69, 9.17) is 17.3 Å². The molecule has 0 bridgehead atoms. The van der Waals surface area contributed by atoms with Gasteiger partial charge in [-0.05, 0) is 18.1 Å². The Morgan fingerprint density at radius 2 is 2.42 bits per heavy atom. The summed E-state index contributed by atoms with van der Waals surface area (Å²) >= 11 is 5.52. The first-order chi connectivity index (χ1) is 5.65. The van der Waals surface area contributed by atoms with Crippen molar-refractivity contribution >= 4 is 11.6 Å². The molecule has 0 radical (unpaired) electrons. The highest BCUT2D eigenvalue weighted by Crippen LogP contribution is 2.18. The van der Waals surface area contributed by atoms with Gasteiger partial charge in [0.15, 0.2) is 0 Å². The van der Waals surface area contributed by atoms with E-state index in [9.17, 15) is 4.39 Å². The van der Waals surface area contributed by atoms with E-state index >= 15 is 0 Å². The molecule has 1 aromatic heterocycles. The van der Waals surface area contributed by atoms with Crippen LogP contribution >= 0.6 is 11.6 Å². The van der Waals surface area contributed by atoms with Gasteiger partial charge in [0.2, 0.25) is 5.95 Å². The second-order valence-corrected chi connectivity index (χ2v) is 2.96. The number of hydrogen-bond donors (Lipinski definition) is 1. The summed E-state index contributed by atoms with van der Waals surface area (Å²) in [6.07, 6.45) is 2.19. The quantitative estimate of drug-likeness (QED) is 0.724. The molecule has 1 rings (SSSR count). The molecule has 2 N–H and O–H groups in total. The monoisotopic (exact) mass is 188 g/mol. The van der Waals surface area contributed by atoms with Gasteiger partial charge < -0.3 is 5.73 Å². The molecule has 66 valence electrons. The summed E-state index contributed by atoms with van der Waals surface area (Å²) in [5.41, 5.74) is 6.46. The summed E-state index contributed by atoms with van der Waals surface area (Å²) in [6, 6.07) is 1.40. The van der Waals surface area contributed by atoms with Crippen LogP contribution in [0.15, 0.2) is 12.3 Å². The Kier molecular flexibility index (Phi) is 3.00. The zero-order chi connectivity index (χ0) is 9.14. The molecule has 4 heteroatoms. The summed E-state index contributed by atoms with van der Waals surface area (Å²) in [7, 11) is 0. The van der Waals surface area contributed by atoms with Crippen molar-refractivity contribution < 1.29 is 4.39 Å². The number of nitrogens with two attached hydrogens (primary N) is 1. The molecule has 0 aliphatic carbocycles. The molecule has 12 heavy (non-hydrogen) atoms. The van der Waals surface area contributed by atoms with Crippen molar-refractivity contribution in [2.75, 3.05) is 0 Å². The van der Waals surface area contributed by atoms with Gasteiger partial charge in [0.05, 0.1) is 5.02 Å². The average molecular weight is 189 g/mol. The van der Waals surface area contributed by atoms with E-state index in [1.54, 1.807) is 0 Å². The van der Waals surface area contributed by atoms with E-state index in [1.807, 2.05) is 6.92 Å². The normalized spacial score (nSPS) is 13.0. The third-order valence-corrected chi connectivity index (χ3v) is 1.95. The van der Waals surface area contributed by atoms with Gasteiger partial charge in [-0.15, -0.1) is 0 Å². The van der Waals surface area contributed by atoms with Gasteiger partial charge in [-0.3, -0.25) is 0 Å². The molecule has 0 amide bonds. The van der Waals surface area contributed by atoms with Crippen molar-refractivity contribution in [2.45, 2.75) is 19.4 Å². The van der Waals surface area contributed by atoms with E-state index in [0.717, 1.165) is 12.0 Å². The molecule has 0 fully saturated rings. The number of pyridine rings is 1. The number of aromatic nitrogens is 1. The van der Waals surface area contributed by atoms with Gasteiger partial charge in [-0.25, -0.2) is 4.98 Å². The lowest BCUT2D eigenvalue weighted by atomic mass is 10.1. The maximum Gasteiger partial charge on any atom is 0.231 e. The van der Waals surface area contributed by atoms with Crippen LogP contribution in [0.25, 0.3) is 0 Å². The summed E-state index contributed by atoms with van der Waals surface area (Å²) in [5.74, 6) is -0.649. The predicted octanol–water partition coefficient (Wildman–Crippen LogP) is 2.28. The van der Waals surface area contributed by atoms with Crippen molar-refractivity contribution in [2.24, 2.45) is 5.73 Å². The van der Waals surface area contributed by atoms with Gasteiger partial charge in [0.25, 0.3) is 0 Å². The lowest BCUT2D eigenvalue weighted by Gasteiger charge is -2.08. The lowest BCUT2D eigenvalue weighted by molar-refractivity contribution is 0.579. The first-order valence-electron chi connectivity index (χ1n) is 3.71. The maximum atomic E-state index is 12.6. The van der Waals surface area contributed by atoms with Crippen LogP contribution in [0.3, 0.4) is 0 Å². The minimum Gasteiger partial charge on any atom is -0.324 e. The Hall–Kier alpha value is -0.670. The Morgan fingerprint density at radius 1 is 1.75 bits per heavy atom. The Balaban J connectivity index is 2.96. The fourth-order valence-corrected chi connectivity index (χ4v) is 1.05. The average Bonchev–Trinajstić information content (AvgIpc) is 2.08. The van der Waals surface area contributed by atoms with Crippen LogP contribution in [-0.4, -0.2) is 4.98 Å². The zero-order valence-electron chi connectivity index (χ0n) is 6.72. The fraction of sp³-hybridized carbons (Fsp3) is 0.375. The molecule has 2 nitrogen and oxygen atoms in total. The smallest absolute Gasteiger partial charge is 0.231 e. The number of hydrogen-bond acceptors (Lipinski definition) is 2. The minimum atomic E-state index is -0.649. The van der Waals surface area contributed by atoms with E-state index in [2.05, 4.69) is 4.98 Å². The molecular formula is C8H10ClFN2. The highest BCUT2D eigenvalue weighted by Gasteiger charge is 2.07. The van der Waals surface area contributed by atoms with Gasteiger partial charge in [-0.1, -0.05) is 18.5 Å². The predicted molar refractivity (Wildman–Crippen MR) is 46.4 cm³/mol. The van der Waals surface area contributed by atoms with Gasteiger partial charge >= 0.3 is 0 Å². The topological polar surface area (TPSA) is 38.9 Å². The number of rotatable bonds is 2. The molecule has 0 aliphatic rings. The molecule has 1 atom stereocenters. The van der Waals surface area contributed by atoms with Gasteiger partial charge in [-0.2, -0.15) is 4.39 Å². The highest BCUT2D eigenvalue weighted by atomic mass is 35.5. The Morgan fingerprint density at radius 3 is 2.92 bits per heavy atom. The SMILES string of the molecule is CCC(N)c1cnc(F)c(Cl)c1. The van der Waals surface area contributed by atoms with E-state index in [-0.39, 0.29) is 11.1 Å². The van der Waals surface area contributed by atoms with Crippen molar-refractivity contribution in [3.05, 3.63) is 28.8 Å². The second-order valence-electron chi connectivity index (χ2n) is 2.56. The summed E-state index contributed by atoms with van der Waals surface area (Å²) < 4.78 is 12.6. The first-order valence-corrected chi connectivity index (χ1v) is 4.09. The van der Waals surface area contributed by atoms with Crippen LogP contribution in [-0.2, 0) is 0 Å². The van der Waals surface area contributed by atoms with Crippen LogP contribution < -0.4 is 5.73 Å². The van der Waals surface area contributed by atoms with Crippen LogP contribution in [0.1, 0.15) is 24.9 Å². The van der Waals surface area contributed by atoms with Gasteiger partial charge in [0.1, 0.15) is 0 Å². The fourth-order valence-electron chi connectivity index (χ4n) is 0.874. The molecule has 0 aliphatic heterocycles. The Bertz CT molecular complexity index is 278. The summed E-state index contributed by atoms with van der Waals surface area (Å²) in [5, 5.41) is 0.0244. The lowest BCUT2D eigenvalue weighted by Crippen LogP contribution is -2.09. The molecule has 0 aromatic carbocycles. The van der Waals surface area contributed by atoms with E-state index in [1.165, 1.54) is 12.3 Å². The highest BCUT2D eigenvalue weighted by molar-refractivity contribution is 6.30. The third kappa shape index (κ3) is 1.93. The van der Waals surface area contributed by atoms with Crippen molar-refractivity contribution in [3.8, 4) is 0 Å². The molecule has 1 unspecified atom stereocenters. The van der Waals surface area contributed by atoms with E-state index < -0.39 is 5.95 Å². The van der Waals surface area contributed by atoms with Crippen molar-refractivity contribution in [1.82, 2.24) is 4.98 Å². The van der Waals surface area contributed by atoms with Crippen LogP contribution in [0.2, 0.25) is 5.02 Å². The largest absolute Gasteiger partial charge is 0.324 e. The van der Waals surface area contributed by atoms with Crippen LogP contribution in [0.4, 0.5) is 4.39 Å². The van der Waals surface area contributed by atoms with Crippen molar-refractivity contribution in [3.63, 3.8) is 0 Å². The second kappa shape index (κ2) is 3.83. The zero-order valence-corrected chi connectivity index (χ0v) is 7.48. The van der Waals surface area contributed by atoms with Crippen molar-refractivity contribution in [1.29, 1.82) is 0 Å². The molecule has 0 saturated carbocycles.